The number of nitro groups is 1. The first-order valence-corrected chi connectivity index (χ1v) is 16.1. The fourth-order valence-electron chi connectivity index (χ4n) is 2.01. The second-order valence-electron chi connectivity index (χ2n) is 4.66. The van der Waals surface area contributed by atoms with Crippen molar-refractivity contribution in [2.45, 2.75) is 13.5 Å². The predicted octanol–water partition coefficient (Wildman–Crippen LogP) is 1.39. The number of aromatic nitrogens is 2. The van der Waals surface area contributed by atoms with Gasteiger partial charge in [0.15, 0.2) is 0 Å². The van der Waals surface area contributed by atoms with Gasteiger partial charge in [0.1, 0.15) is 0 Å². The Balaban J connectivity index is 1.94. The number of benzene rings is 1. The van der Waals surface area contributed by atoms with Gasteiger partial charge in [-0.25, -0.2) is 0 Å². The number of rotatable bonds is 6. The van der Waals surface area contributed by atoms with Crippen molar-refractivity contribution in [1.29, 1.82) is 0 Å². The van der Waals surface area contributed by atoms with Gasteiger partial charge in [-0.1, -0.05) is 0 Å². The van der Waals surface area contributed by atoms with Crippen LogP contribution in [0.5, 0.6) is 0 Å². The van der Waals surface area contributed by atoms with Gasteiger partial charge >= 0.3 is 143 Å². The van der Waals surface area contributed by atoms with Crippen LogP contribution in [-0.4, -0.2) is 26.9 Å². The molecule has 0 saturated heterocycles. The second-order valence-corrected chi connectivity index (χ2v) is 11.2. The van der Waals surface area contributed by atoms with Gasteiger partial charge in [0, 0.05) is 0 Å². The first-order valence-electron chi connectivity index (χ1n) is 6.62. The Hall–Kier alpha value is -1.47. The van der Waals surface area contributed by atoms with Crippen LogP contribution in [0.15, 0.2) is 30.5 Å². The number of halogens is 1. The van der Waals surface area contributed by atoms with Gasteiger partial charge in [0.2, 0.25) is 0 Å². The van der Waals surface area contributed by atoms with Crippen LogP contribution >= 0.6 is 8.25 Å². The summed E-state index contributed by atoms with van der Waals surface area (Å²) in [5.74, 6) is 0.254. The van der Waals surface area contributed by atoms with Gasteiger partial charge in [0.25, 0.3) is 0 Å². The fourth-order valence-corrected chi connectivity index (χ4v) is 5.18. The zero-order valence-electron chi connectivity index (χ0n) is 12.0. The summed E-state index contributed by atoms with van der Waals surface area (Å²) in [4.78, 5) is 26.3. The van der Waals surface area contributed by atoms with E-state index in [-0.39, 0.29) is 18.3 Å². The molecule has 0 atom stereocenters. The molecular formula is C13H13ClHgN4O3. The van der Waals surface area contributed by atoms with Crippen molar-refractivity contribution in [3.05, 3.63) is 52.0 Å². The molecule has 0 aliphatic carbocycles. The quantitative estimate of drug-likeness (QED) is 0.362. The summed E-state index contributed by atoms with van der Waals surface area (Å²) >= 11 is -1.43. The van der Waals surface area contributed by atoms with E-state index in [2.05, 4.69) is 10.3 Å². The van der Waals surface area contributed by atoms with E-state index < -0.39 is 28.3 Å². The molecule has 0 unspecified atom stereocenters. The van der Waals surface area contributed by atoms with Crippen LogP contribution in [0.25, 0.3) is 0 Å². The first-order chi connectivity index (χ1) is 10.5. The number of nitrogens with one attached hydrogen (secondary N) is 1. The van der Waals surface area contributed by atoms with E-state index in [1.165, 1.54) is 10.8 Å². The van der Waals surface area contributed by atoms with Crippen molar-refractivity contribution in [3.63, 3.8) is 0 Å². The molecule has 112 valence electrons. The Morgan fingerprint density at radius 1 is 1.45 bits per heavy atom. The van der Waals surface area contributed by atoms with Gasteiger partial charge in [-0.05, 0) is 0 Å². The molecule has 2 rings (SSSR count). The van der Waals surface area contributed by atoms with Crippen molar-refractivity contribution in [3.8, 4) is 0 Å². The average Bonchev–Trinajstić information content (AvgIpc) is 2.88. The molecule has 0 fully saturated rings. The molecule has 1 aromatic heterocycles. The fraction of sp³-hybridized carbons (Fsp3) is 0.231. The third-order valence-corrected chi connectivity index (χ3v) is 8.95. The van der Waals surface area contributed by atoms with Crippen LogP contribution in [0.4, 0.5) is 5.82 Å². The summed E-state index contributed by atoms with van der Waals surface area (Å²) in [6, 6.07) is 7.26. The summed E-state index contributed by atoms with van der Waals surface area (Å²) in [7, 11) is 5.91. The van der Waals surface area contributed by atoms with Gasteiger partial charge in [0.05, 0.1) is 0 Å². The third kappa shape index (κ3) is 4.04. The van der Waals surface area contributed by atoms with E-state index >= 15 is 0 Å². The van der Waals surface area contributed by atoms with E-state index in [0.717, 1.165) is 3.07 Å². The number of hydrogen-bond acceptors (Lipinski definition) is 4. The molecule has 0 spiro atoms. The van der Waals surface area contributed by atoms with Crippen molar-refractivity contribution in [2.75, 3.05) is 6.54 Å². The van der Waals surface area contributed by atoms with Crippen LogP contribution in [0.1, 0.15) is 16.2 Å². The Labute approximate surface area is 142 Å². The minimum absolute atomic E-state index is 0.0776. The number of carbonyl (C=O) groups is 1. The van der Waals surface area contributed by atoms with E-state index in [1.807, 2.05) is 12.1 Å². The third-order valence-electron chi connectivity index (χ3n) is 3.21. The Kier molecular flexibility index (Phi) is 5.90. The zero-order chi connectivity index (χ0) is 16.1. The van der Waals surface area contributed by atoms with Crippen LogP contribution in [0.3, 0.4) is 0 Å². The molecule has 1 N–H and O–H groups in total. The normalized spacial score (nSPS) is 10.1. The molecule has 0 radical (unpaired) electrons. The second kappa shape index (κ2) is 7.69. The summed E-state index contributed by atoms with van der Waals surface area (Å²) in [6.45, 7) is 2.27. The van der Waals surface area contributed by atoms with Crippen LogP contribution < -0.4 is 8.39 Å². The van der Waals surface area contributed by atoms with Gasteiger partial charge in [-0.15, -0.1) is 0 Å². The predicted molar refractivity (Wildman–Crippen MR) is 77.9 cm³/mol. The average molecular weight is 509 g/mol. The van der Waals surface area contributed by atoms with Crippen LogP contribution in [0.2, 0.25) is 0 Å². The monoisotopic (exact) mass is 510 g/mol. The first kappa shape index (κ1) is 16.9. The molecule has 0 aliphatic heterocycles. The Morgan fingerprint density at radius 2 is 2.14 bits per heavy atom. The maximum absolute atomic E-state index is 12.0. The van der Waals surface area contributed by atoms with Crippen LogP contribution in [0, 0.1) is 17.0 Å². The van der Waals surface area contributed by atoms with E-state index in [0.29, 0.717) is 17.9 Å². The molecule has 0 bridgehead atoms. The van der Waals surface area contributed by atoms with E-state index in [1.54, 1.807) is 19.1 Å². The molecule has 1 aromatic carbocycles. The molecule has 0 saturated carbocycles. The molecule has 22 heavy (non-hydrogen) atoms. The van der Waals surface area contributed by atoms with E-state index in [4.69, 9.17) is 8.25 Å². The molecule has 9 heteroatoms. The molecular weight excluding hydrogens is 496 g/mol. The molecule has 7 nitrogen and oxygen atoms in total. The number of imidazole rings is 1. The topological polar surface area (TPSA) is 90.1 Å². The number of nitrogens with zero attached hydrogens (tertiary/aromatic N) is 3. The standard InChI is InChI=1S/C13H13N4O3.ClH.Hg/c1-10-15-9-12(17(19)20)16(10)8-7-14-13(18)11-5-3-2-4-6-11;;/h3-6,9H,7-8H2,1H3,(H,14,18);1H;/q;;+1/p-1. The number of carbonyl (C=O) groups excluding carboxylic acids is 1. The molecule has 2 aromatic rings. The van der Waals surface area contributed by atoms with E-state index in [9.17, 15) is 14.9 Å². The number of aryl methyl sites for hydroxylation is 1. The summed E-state index contributed by atoms with van der Waals surface area (Å²) in [5, 5.41) is 13.6. The van der Waals surface area contributed by atoms with Crippen molar-refractivity contribution in [2.24, 2.45) is 0 Å². The van der Waals surface area contributed by atoms with Crippen molar-refractivity contribution >= 4 is 23.0 Å². The maximum atomic E-state index is 12.0. The minimum atomic E-state index is -1.43. The summed E-state index contributed by atoms with van der Waals surface area (Å²) in [6.07, 6.45) is 1.22. The van der Waals surface area contributed by atoms with Crippen LogP contribution in [-0.2, 0) is 29.9 Å². The van der Waals surface area contributed by atoms with Crippen molar-refractivity contribution < 1.29 is 33.1 Å². The zero-order valence-corrected chi connectivity index (χ0v) is 18.2. The number of amides is 1. The Morgan fingerprint density at radius 3 is 2.73 bits per heavy atom. The Bertz CT molecular complexity index is 687. The SMILES string of the molecule is Cc1ncc([N+](=O)[O-])n1CCNC(=O)c1cc[c]([Hg][Cl])cc1. The van der Waals surface area contributed by atoms with Crippen molar-refractivity contribution in [1.82, 2.24) is 14.9 Å². The van der Waals surface area contributed by atoms with Gasteiger partial charge in [-0.2, -0.15) is 0 Å². The molecule has 1 amide bonds. The van der Waals surface area contributed by atoms with Gasteiger partial charge < -0.3 is 0 Å². The molecule has 0 aliphatic rings. The summed E-state index contributed by atoms with van der Waals surface area (Å²) < 4.78 is 2.62. The number of hydrogen-bond donors (Lipinski definition) is 1. The summed E-state index contributed by atoms with van der Waals surface area (Å²) in [5.41, 5.74) is 0.555. The van der Waals surface area contributed by atoms with Gasteiger partial charge in [-0.3, -0.25) is 0 Å². The molecule has 1 heterocycles.